The lowest BCUT2D eigenvalue weighted by atomic mass is 10.1. The van der Waals surface area contributed by atoms with Crippen LogP contribution in [0.15, 0.2) is 60.7 Å². The first kappa shape index (κ1) is 18.2. The van der Waals surface area contributed by atoms with Crippen LogP contribution in [0.1, 0.15) is 31.9 Å². The van der Waals surface area contributed by atoms with Gasteiger partial charge in [0.2, 0.25) is 0 Å². The van der Waals surface area contributed by atoms with E-state index in [9.17, 15) is 4.79 Å². The summed E-state index contributed by atoms with van der Waals surface area (Å²) in [6, 6.07) is 20.5. The van der Waals surface area contributed by atoms with Crippen molar-refractivity contribution in [3.05, 3.63) is 71.8 Å². The summed E-state index contributed by atoms with van der Waals surface area (Å²) in [6.07, 6.45) is 0. The zero-order valence-corrected chi connectivity index (χ0v) is 14.8. The maximum atomic E-state index is 12.3. The molecule has 3 heteroatoms. The Bertz CT molecular complexity index is 610. The van der Waals surface area contributed by atoms with E-state index in [1.807, 2.05) is 55.5 Å². The molecule has 0 spiro atoms. The van der Waals surface area contributed by atoms with Gasteiger partial charge in [-0.2, -0.15) is 0 Å². The van der Waals surface area contributed by atoms with E-state index in [1.165, 1.54) is 5.56 Å². The molecule has 0 saturated heterocycles. The lowest BCUT2D eigenvalue weighted by molar-refractivity contribution is -0.150. The molecule has 1 atom stereocenters. The molecule has 1 unspecified atom stereocenters. The molecule has 0 aromatic heterocycles. The van der Waals surface area contributed by atoms with E-state index >= 15 is 0 Å². The highest BCUT2D eigenvalue weighted by Gasteiger charge is 2.20. The summed E-state index contributed by atoms with van der Waals surface area (Å²) in [7, 11) is 0. The molecule has 128 valence electrons. The Balaban J connectivity index is 1.87. The zero-order chi connectivity index (χ0) is 17.4. The second-order valence-electron chi connectivity index (χ2n) is 6.50. The minimum atomic E-state index is -0.153. The van der Waals surface area contributed by atoms with Gasteiger partial charge in [-0.1, -0.05) is 67.6 Å². The molecule has 2 aromatic carbocycles. The summed E-state index contributed by atoms with van der Waals surface area (Å²) in [5.74, 6) is -0.294. The second kappa shape index (κ2) is 9.24. The monoisotopic (exact) mass is 325 g/mol. The third-order valence-electron chi connectivity index (χ3n) is 4.09. The van der Waals surface area contributed by atoms with Crippen LogP contribution < -0.4 is 0 Å². The van der Waals surface area contributed by atoms with Crippen LogP contribution in [0.2, 0.25) is 0 Å². The average molecular weight is 325 g/mol. The number of esters is 1. The molecule has 0 aliphatic carbocycles. The number of carbonyl (C=O) groups is 1. The predicted molar refractivity (Wildman–Crippen MR) is 97.4 cm³/mol. The molecule has 0 fully saturated rings. The van der Waals surface area contributed by atoms with Gasteiger partial charge in [0.25, 0.3) is 0 Å². The fraction of sp³-hybridized carbons (Fsp3) is 0.381. The van der Waals surface area contributed by atoms with Crippen LogP contribution in [0.25, 0.3) is 0 Å². The van der Waals surface area contributed by atoms with Gasteiger partial charge in [0.15, 0.2) is 0 Å². The maximum Gasteiger partial charge on any atom is 0.310 e. The first-order chi connectivity index (χ1) is 11.6. The Morgan fingerprint density at radius 3 is 2.00 bits per heavy atom. The van der Waals surface area contributed by atoms with Crippen molar-refractivity contribution in [3.8, 4) is 0 Å². The molecular formula is C21H27NO2. The first-order valence-corrected chi connectivity index (χ1v) is 8.55. The summed E-state index contributed by atoms with van der Waals surface area (Å²) in [4.78, 5) is 14.6. The number of rotatable bonds is 8. The number of ether oxygens (including phenoxy) is 1. The van der Waals surface area contributed by atoms with Crippen molar-refractivity contribution >= 4 is 5.97 Å². The first-order valence-electron chi connectivity index (χ1n) is 8.55. The largest absolute Gasteiger partial charge is 0.461 e. The summed E-state index contributed by atoms with van der Waals surface area (Å²) in [5, 5.41) is 0. The van der Waals surface area contributed by atoms with E-state index in [2.05, 4.69) is 30.9 Å². The third kappa shape index (κ3) is 5.82. The van der Waals surface area contributed by atoms with Gasteiger partial charge < -0.3 is 4.74 Å². The van der Waals surface area contributed by atoms with Crippen molar-refractivity contribution in [3.63, 3.8) is 0 Å². The lowest BCUT2D eigenvalue weighted by Gasteiger charge is -2.28. The number of carbonyl (C=O) groups excluding carboxylic acids is 1. The molecule has 0 aliphatic heterocycles. The minimum Gasteiger partial charge on any atom is -0.461 e. The topological polar surface area (TPSA) is 29.5 Å². The van der Waals surface area contributed by atoms with Gasteiger partial charge in [-0.15, -0.1) is 0 Å². The van der Waals surface area contributed by atoms with Crippen LogP contribution in [0.3, 0.4) is 0 Å². The molecule has 24 heavy (non-hydrogen) atoms. The SMILES string of the molecule is CC(CN(Cc1ccccc1)C(C)C)C(=O)OCc1ccccc1. The van der Waals surface area contributed by atoms with E-state index in [1.54, 1.807) is 0 Å². The Labute approximate surface area is 145 Å². The molecule has 0 N–H and O–H groups in total. The Morgan fingerprint density at radius 2 is 1.46 bits per heavy atom. The summed E-state index contributed by atoms with van der Waals surface area (Å²) in [5.41, 5.74) is 2.28. The van der Waals surface area contributed by atoms with Crippen molar-refractivity contribution < 1.29 is 9.53 Å². The van der Waals surface area contributed by atoms with Gasteiger partial charge >= 0.3 is 5.97 Å². The highest BCUT2D eigenvalue weighted by molar-refractivity contribution is 5.72. The van der Waals surface area contributed by atoms with Gasteiger partial charge in [-0.05, 0) is 25.0 Å². The maximum absolute atomic E-state index is 12.3. The average Bonchev–Trinajstić information content (AvgIpc) is 2.60. The van der Waals surface area contributed by atoms with E-state index in [4.69, 9.17) is 4.74 Å². The van der Waals surface area contributed by atoms with Gasteiger partial charge in [-0.3, -0.25) is 9.69 Å². The third-order valence-corrected chi connectivity index (χ3v) is 4.09. The van der Waals surface area contributed by atoms with Crippen LogP contribution in [0.5, 0.6) is 0 Å². The summed E-state index contributed by atoms with van der Waals surface area (Å²) in [6.45, 7) is 8.13. The van der Waals surface area contributed by atoms with Crippen LogP contribution in [-0.4, -0.2) is 23.5 Å². The Morgan fingerprint density at radius 1 is 0.917 bits per heavy atom. The molecule has 3 nitrogen and oxygen atoms in total. The van der Waals surface area contributed by atoms with Crippen LogP contribution in [0.4, 0.5) is 0 Å². The standard InChI is InChI=1S/C21H27NO2/c1-17(2)22(15-19-10-6-4-7-11-19)14-18(3)21(23)24-16-20-12-8-5-9-13-20/h4-13,17-18H,14-16H2,1-3H3. The molecule has 0 heterocycles. The fourth-order valence-corrected chi connectivity index (χ4v) is 2.57. The molecule has 0 amide bonds. The van der Waals surface area contributed by atoms with Gasteiger partial charge in [0, 0.05) is 19.1 Å². The highest BCUT2D eigenvalue weighted by atomic mass is 16.5. The Hall–Kier alpha value is -2.13. The molecule has 0 bridgehead atoms. The van der Waals surface area contributed by atoms with Gasteiger partial charge in [0.1, 0.15) is 6.61 Å². The lowest BCUT2D eigenvalue weighted by Crippen LogP contribution is -2.37. The zero-order valence-electron chi connectivity index (χ0n) is 14.8. The highest BCUT2D eigenvalue weighted by Crippen LogP contribution is 2.13. The minimum absolute atomic E-state index is 0.141. The fourth-order valence-electron chi connectivity index (χ4n) is 2.57. The van der Waals surface area contributed by atoms with Crippen molar-refractivity contribution in [2.45, 2.75) is 40.0 Å². The van der Waals surface area contributed by atoms with Gasteiger partial charge in [-0.25, -0.2) is 0 Å². The molecule has 0 saturated carbocycles. The normalized spacial score (nSPS) is 12.4. The Kier molecular flexibility index (Phi) is 7.01. The molecular weight excluding hydrogens is 298 g/mol. The molecule has 0 radical (unpaired) electrons. The van der Waals surface area contributed by atoms with Crippen molar-refractivity contribution in [1.82, 2.24) is 4.90 Å². The van der Waals surface area contributed by atoms with E-state index in [0.29, 0.717) is 19.2 Å². The number of nitrogens with zero attached hydrogens (tertiary/aromatic N) is 1. The van der Waals surface area contributed by atoms with E-state index < -0.39 is 0 Å². The van der Waals surface area contributed by atoms with E-state index in [-0.39, 0.29) is 11.9 Å². The van der Waals surface area contributed by atoms with E-state index in [0.717, 1.165) is 12.1 Å². The molecule has 2 rings (SSSR count). The second-order valence-corrected chi connectivity index (χ2v) is 6.50. The smallest absolute Gasteiger partial charge is 0.310 e. The van der Waals surface area contributed by atoms with Crippen LogP contribution in [-0.2, 0) is 22.7 Å². The van der Waals surface area contributed by atoms with Crippen molar-refractivity contribution in [2.24, 2.45) is 5.92 Å². The summed E-state index contributed by atoms with van der Waals surface area (Å²) < 4.78 is 5.46. The van der Waals surface area contributed by atoms with Crippen LogP contribution >= 0.6 is 0 Å². The number of hydrogen-bond acceptors (Lipinski definition) is 3. The number of hydrogen-bond donors (Lipinski definition) is 0. The number of benzene rings is 2. The van der Waals surface area contributed by atoms with Crippen molar-refractivity contribution in [2.75, 3.05) is 6.54 Å². The van der Waals surface area contributed by atoms with Gasteiger partial charge in [0.05, 0.1) is 5.92 Å². The van der Waals surface area contributed by atoms with Crippen LogP contribution in [0, 0.1) is 5.92 Å². The van der Waals surface area contributed by atoms with Crippen molar-refractivity contribution in [1.29, 1.82) is 0 Å². The molecule has 2 aromatic rings. The quantitative estimate of drug-likeness (QED) is 0.679. The summed E-state index contributed by atoms with van der Waals surface area (Å²) >= 11 is 0. The molecule has 0 aliphatic rings. The predicted octanol–water partition coefficient (Wildman–Crippen LogP) is 4.28.